The zero-order valence-corrected chi connectivity index (χ0v) is 11.3. The van der Waals surface area contributed by atoms with Crippen molar-refractivity contribution in [2.75, 3.05) is 18.4 Å². The van der Waals surface area contributed by atoms with Crippen LogP contribution in [-0.4, -0.2) is 19.0 Å². The van der Waals surface area contributed by atoms with Gasteiger partial charge < -0.3 is 10.6 Å². The summed E-state index contributed by atoms with van der Waals surface area (Å²) in [5, 5.41) is 6.14. The molecule has 0 aromatic heterocycles. The smallest absolute Gasteiger partial charge is 0.227 e. The van der Waals surface area contributed by atoms with Crippen LogP contribution < -0.4 is 10.6 Å². The van der Waals surface area contributed by atoms with Gasteiger partial charge in [-0.2, -0.15) is 0 Å². The Labute approximate surface area is 109 Å². The molecule has 16 heavy (non-hydrogen) atoms. The highest BCUT2D eigenvalue weighted by molar-refractivity contribution is 14.1. The number of nitrogens with one attached hydrogen (secondary N) is 2. The van der Waals surface area contributed by atoms with Crippen LogP contribution in [0.1, 0.15) is 6.92 Å². The van der Waals surface area contributed by atoms with Crippen molar-refractivity contribution in [1.82, 2.24) is 5.32 Å². The van der Waals surface area contributed by atoms with E-state index >= 15 is 0 Å². The van der Waals surface area contributed by atoms with Crippen molar-refractivity contribution in [2.24, 2.45) is 11.8 Å². The maximum Gasteiger partial charge on any atom is 0.227 e. The topological polar surface area (TPSA) is 41.1 Å². The summed E-state index contributed by atoms with van der Waals surface area (Å²) in [6, 6.07) is 7.86. The number of carbonyl (C=O) groups excluding carboxylic acids is 1. The molecule has 1 aliphatic rings. The Balaban J connectivity index is 1.93. The average Bonchev–Trinajstić information content (AvgIpc) is 2.19. The molecule has 0 radical (unpaired) electrons. The second kappa shape index (κ2) is 5.14. The van der Waals surface area contributed by atoms with E-state index in [9.17, 15) is 4.79 Å². The van der Waals surface area contributed by atoms with E-state index in [1.165, 1.54) is 3.57 Å². The molecule has 4 heteroatoms. The molecule has 1 aromatic rings. The van der Waals surface area contributed by atoms with E-state index in [1.807, 2.05) is 31.2 Å². The molecule has 1 heterocycles. The van der Waals surface area contributed by atoms with Crippen LogP contribution in [-0.2, 0) is 4.79 Å². The van der Waals surface area contributed by atoms with Crippen molar-refractivity contribution in [1.29, 1.82) is 0 Å². The molecule has 2 N–H and O–H groups in total. The third-order valence-electron chi connectivity index (χ3n) is 3.05. The summed E-state index contributed by atoms with van der Waals surface area (Å²) in [4.78, 5) is 11.9. The largest absolute Gasteiger partial charge is 0.326 e. The Hall–Kier alpha value is -0.620. The number of carbonyl (C=O) groups is 1. The van der Waals surface area contributed by atoms with Crippen molar-refractivity contribution in [3.63, 3.8) is 0 Å². The Morgan fingerprint density at radius 3 is 2.56 bits per heavy atom. The molecule has 1 unspecified atom stereocenters. The Morgan fingerprint density at radius 1 is 1.44 bits per heavy atom. The first-order valence-corrected chi connectivity index (χ1v) is 6.52. The van der Waals surface area contributed by atoms with E-state index in [2.05, 4.69) is 33.2 Å². The van der Waals surface area contributed by atoms with Crippen LogP contribution in [0, 0.1) is 15.4 Å². The van der Waals surface area contributed by atoms with Crippen molar-refractivity contribution >= 4 is 34.2 Å². The van der Waals surface area contributed by atoms with E-state index in [4.69, 9.17) is 0 Å². The van der Waals surface area contributed by atoms with Gasteiger partial charge in [0.15, 0.2) is 0 Å². The van der Waals surface area contributed by atoms with Gasteiger partial charge in [0, 0.05) is 15.2 Å². The van der Waals surface area contributed by atoms with Gasteiger partial charge >= 0.3 is 0 Å². The lowest BCUT2D eigenvalue weighted by Crippen LogP contribution is -2.48. The predicted molar refractivity (Wildman–Crippen MR) is 73.3 cm³/mol. The molecule has 0 aliphatic carbocycles. The molecule has 1 aromatic carbocycles. The minimum absolute atomic E-state index is 0.0838. The number of rotatable bonds is 3. The van der Waals surface area contributed by atoms with E-state index in [1.54, 1.807) is 0 Å². The number of halogens is 1. The molecule has 0 spiro atoms. The highest BCUT2D eigenvalue weighted by atomic mass is 127. The van der Waals surface area contributed by atoms with Crippen molar-refractivity contribution in [2.45, 2.75) is 6.92 Å². The lowest BCUT2D eigenvalue weighted by atomic mass is 9.88. The highest BCUT2D eigenvalue weighted by Crippen LogP contribution is 2.18. The first-order valence-electron chi connectivity index (χ1n) is 5.44. The maximum absolute atomic E-state index is 11.9. The van der Waals surface area contributed by atoms with Crippen molar-refractivity contribution in [3.8, 4) is 0 Å². The van der Waals surface area contributed by atoms with Gasteiger partial charge in [-0.05, 0) is 65.9 Å². The number of amides is 1. The maximum atomic E-state index is 11.9. The van der Waals surface area contributed by atoms with Gasteiger partial charge in [0.1, 0.15) is 0 Å². The summed E-state index contributed by atoms with van der Waals surface area (Å²) in [6.45, 7) is 3.91. The summed E-state index contributed by atoms with van der Waals surface area (Å²) in [5.41, 5.74) is 0.879. The van der Waals surface area contributed by atoms with Crippen LogP contribution in [0.25, 0.3) is 0 Å². The molecule has 1 fully saturated rings. The minimum Gasteiger partial charge on any atom is -0.326 e. The Morgan fingerprint density at radius 2 is 2.06 bits per heavy atom. The van der Waals surface area contributed by atoms with Gasteiger partial charge in [0.05, 0.1) is 0 Å². The van der Waals surface area contributed by atoms with Crippen LogP contribution in [0.4, 0.5) is 5.69 Å². The summed E-state index contributed by atoms with van der Waals surface area (Å²) < 4.78 is 1.17. The number of hydrogen-bond acceptors (Lipinski definition) is 2. The molecule has 2 rings (SSSR count). The molecular weight excluding hydrogens is 315 g/mol. The fraction of sp³-hybridized carbons (Fsp3) is 0.417. The van der Waals surface area contributed by atoms with E-state index < -0.39 is 0 Å². The molecule has 0 bridgehead atoms. The number of hydrogen-bond donors (Lipinski definition) is 2. The Bertz CT molecular complexity index is 373. The second-order valence-electron chi connectivity index (χ2n) is 4.20. The third-order valence-corrected chi connectivity index (χ3v) is 3.76. The molecule has 3 nitrogen and oxygen atoms in total. The monoisotopic (exact) mass is 330 g/mol. The lowest BCUT2D eigenvalue weighted by molar-refractivity contribution is -0.121. The van der Waals surface area contributed by atoms with Crippen LogP contribution in [0.15, 0.2) is 24.3 Å². The van der Waals surface area contributed by atoms with Gasteiger partial charge in [0.2, 0.25) is 5.91 Å². The van der Waals surface area contributed by atoms with Crippen molar-refractivity contribution < 1.29 is 4.79 Å². The zero-order valence-electron chi connectivity index (χ0n) is 9.16. The van der Waals surface area contributed by atoms with Gasteiger partial charge in [-0.25, -0.2) is 0 Å². The molecule has 1 aliphatic heterocycles. The van der Waals surface area contributed by atoms with Gasteiger partial charge in [-0.15, -0.1) is 0 Å². The van der Waals surface area contributed by atoms with Crippen LogP contribution in [0.5, 0.6) is 0 Å². The second-order valence-corrected chi connectivity index (χ2v) is 5.45. The molecule has 1 saturated heterocycles. The molecule has 86 valence electrons. The summed E-state index contributed by atoms with van der Waals surface area (Å²) >= 11 is 2.25. The summed E-state index contributed by atoms with van der Waals surface area (Å²) in [5.74, 6) is 0.692. The first-order chi connectivity index (χ1) is 7.66. The minimum atomic E-state index is 0.0838. The van der Waals surface area contributed by atoms with Gasteiger partial charge in [-0.3, -0.25) is 4.79 Å². The van der Waals surface area contributed by atoms with Crippen LogP contribution in [0.3, 0.4) is 0 Å². The lowest BCUT2D eigenvalue weighted by Gasteiger charge is -2.31. The fourth-order valence-electron chi connectivity index (χ4n) is 1.67. The van der Waals surface area contributed by atoms with Gasteiger partial charge in [0.25, 0.3) is 0 Å². The normalized spacial score (nSPS) is 17.6. The first kappa shape index (κ1) is 11.9. The number of benzene rings is 1. The number of anilines is 1. The fourth-order valence-corrected chi connectivity index (χ4v) is 2.03. The quantitative estimate of drug-likeness (QED) is 0.834. The van der Waals surface area contributed by atoms with E-state index in [0.29, 0.717) is 5.92 Å². The van der Waals surface area contributed by atoms with Gasteiger partial charge in [-0.1, -0.05) is 6.92 Å². The standard InChI is InChI=1S/C12H15IN2O/c1-8(9-6-14-7-9)12(16)15-11-4-2-10(13)3-5-11/h2-5,8-9,14H,6-7H2,1H3,(H,15,16). The van der Waals surface area contributed by atoms with Crippen LogP contribution >= 0.6 is 22.6 Å². The highest BCUT2D eigenvalue weighted by Gasteiger charge is 2.28. The third kappa shape index (κ3) is 2.74. The van der Waals surface area contributed by atoms with E-state index in [0.717, 1.165) is 18.8 Å². The molecule has 1 amide bonds. The molecule has 1 atom stereocenters. The van der Waals surface area contributed by atoms with Crippen molar-refractivity contribution in [3.05, 3.63) is 27.8 Å². The summed E-state index contributed by atoms with van der Waals surface area (Å²) in [7, 11) is 0. The molecular formula is C12H15IN2O. The zero-order chi connectivity index (χ0) is 11.5. The molecule has 0 saturated carbocycles. The average molecular weight is 330 g/mol. The summed E-state index contributed by atoms with van der Waals surface area (Å²) in [6.07, 6.45) is 0. The Kier molecular flexibility index (Phi) is 3.81. The predicted octanol–water partition coefficient (Wildman–Crippen LogP) is 2.09. The SMILES string of the molecule is CC(C(=O)Nc1ccc(I)cc1)C1CNC1. The van der Waals surface area contributed by atoms with Crippen LogP contribution in [0.2, 0.25) is 0 Å². The van der Waals surface area contributed by atoms with E-state index in [-0.39, 0.29) is 11.8 Å².